The predicted molar refractivity (Wildman–Crippen MR) is 120 cm³/mol. The van der Waals surface area contributed by atoms with Crippen LogP contribution >= 0.6 is 0 Å². The number of guanidine groups is 1. The largest absolute Gasteiger partial charge is 0.382 e. The zero-order valence-electron chi connectivity index (χ0n) is 17.7. The summed E-state index contributed by atoms with van der Waals surface area (Å²) in [6.07, 6.45) is 1.31. The Morgan fingerprint density at radius 2 is 2.00 bits per heavy atom. The molecule has 2 aromatic carbocycles. The minimum Gasteiger partial charge on any atom is -0.382 e. The summed E-state index contributed by atoms with van der Waals surface area (Å²) in [7, 11) is 1.73. The van der Waals surface area contributed by atoms with Gasteiger partial charge in [0.05, 0.1) is 11.4 Å². The quantitative estimate of drug-likeness (QED) is 0.310. The molecule has 7 nitrogen and oxygen atoms in total. The zero-order chi connectivity index (χ0) is 22.2. The first kappa shape index (κ1) is 21.8. The SMILES string of the molecule is CN=C(NCCCc1nn(-c2ccc(F)cc2)c(N)c1C#N)NCc1cccc(C)c1. The summed E-state index contributed by atoms with van der Waals surface area (Å²) >= 11 is 0. The van der Waals surface area contributed by atoms with Crippen LogP contribution in [-0.2, 0) is 13.0 Å². The lowest BCUT2D eigenvalue weighted by Crippen LogP contribution is -2.37. The number of nitrogens with two attached hydrogens (primary N) is 1. The number of aliphatic imine (C=N–C) groups is 1. The van der Waals surface area contributed by atoms with Gasteiger partial charge < -0.3 is 16.4 Å². The number of aromatic nitrogens is 2. The third kappa shape index (κ3) is 5.60. The fourth-order valence-electron chi connectivity index (χ4n) is 3.25. The number of anilines is 1. The highest BCUT2D eigenvalue weighted by Crippen LogP contribution is 2.21. The van der Waals surface area contributed by atoms with E-state index in [4.69, 9.17) is 5.73 Å². The van der Waals surface area contributed by atoms with E-state index in [-0.39, 0.29) is 11.6 Å². The molecule has 0 radical (unpaired) electrons. The van der Waals surface area contributed by atoms with Gasteiger partial charge in [0.25, 0.3) is 0 Å². The Bertz CT molecular complexity index is 1090. The number of rotatable bonds is 7. The zero-order valence-corrected chi connectivity index (χ0v) is 17.7. The fourth-order valence-corrected chi connectivity index (χ4v) is 3.25. The number of nitriles is 1. The van der Waals surface area contributed by atoms with E-state index < -0.39 is 0 Å². The lowest BCUT2D eigenvalue weighted by molar-refractivity contribution is 0.627. The summed E-state index contributed by atoms with van der Waals surface area (Å²) < 4.78 is 14.7. The Balaban J connectivity index is 1.55. The number of nitrogens with zero attached hydrogens (tertiary/aromatic N) is 4. The van der Waals surface area contributed by atoms with E-state index in [9.17, 15) is 9.65 Å². The molecule has 1 heterocycles. The molecule has 160 valence electrons. The van der Waals surface area contributed by atoms with Crippen molar-refractivity contribution in [3.8, 4) is 11.8 Å². The highest BCUT2D eigenvalue weighted by molar-refractivity contribution is 5.79. The standard InChI is InChI=1S/C23H26FN7/c1-16-5-3-6-17(13-16)15-29-23(27-2)28-12-4-7-21-20(14-25)22(26)31(30-21)19-10-8-18(24)9-11-19/h3,5-6,8-11,13H,4,7,12,15,26H2,1-2H3,(H2,27,28,29). The summed E-state index contributed by atoms with van der Waals surface area (Å²) in [6, 6.07) is 16.3. The number of nitrogens with one attached hydrogen (secondary N) is 2. The van der Waals surface area contributed by atoms with Gasteiger partial charge in [-0.05, 0) is 49.6 Å². The minimum absolute atomic E-state index is 0.257. The Morgan fingerprint density at radius 3 is 2.68 bits per heavy atom. The molecule has 1 aromatic heterocycles. The number of nitrogen functional groups attached to an aromatic ring is 1. The van der Waals surface area contributed by atoms with Crippen LogP contribution in [0.5, 0.6) is 0 Å². The fraction of sp³-hybridized carbons (Fsp3) is 0.261. The highest BCUT2D eigenvalue weighted by atomic mass is 19.1. The van der Waals surface area contributed by atoms with Gasteiger partial charge in [-0.3, -0.25) is 4.99 Å². The van der Waals surface area contributed by atoms with Crippen molar-refractivity contribution in [1.82, 2.24) is 20.4 Å². The van der Waals surface area contributed by atoms with Crippen LogP contribution in [0.1, 0.15) is 28.8 Å². The maximum absolute atomic E-state index is 13.2. The Hall–Kier alpha value is -3.86. The summed E-state index contributed by atoms with van der Waals surface area (Å²) in [4.78, 5) is 4.24. The van der Waals surface area contributed by atoms with Crippen molar-refractivity contribution in [3.05, 3.63) is 76.7 Å². The van der Waals surface area contributed by atoms with Crippen LogP contribution in [0.15, 0.2) is 53.5 Å². The van der Waals surface area contributed by atoms with Crippen LogP contribution in [0.2, 0.25) is 0 Å². The molecule has 0 aliphatic rings. The lowest BCUT2D eigenvalue weighted by Gasteiger charge is -2.12. The minimum atomic E-state index is -0.342. The smallest absolute Gasteiger partial charge is 0.191 e. The molecule has 3 rings (SSSR count). The summed E-state index contributed by atoms with van der Waals surface area (Å²) in [6.45, 7) is 3.40. The molecular weight excluding hydrogens is 393 g/mol. The normalized spacial score (nSPS) is 11.2. The highest BCUT2D eigenvalue weighted by Gasteiger charge is 2.16. The molecule has 3 aromatic rings. The van der Waals surface area contributed by atoms with Gasteiger partial charge in [-0.1, -0.05) is 29.8 Å². The van der Waals surface area contributed by atoms with Gasteiger partial charge >= 0.3 is 0 Å². The van der Waals surface area contributed by atoms with Crippen molar-refractivity contribution >= 4 is 11.8 Å². The second-order valence-corrected chi connectivity index (χ2v) is 7.15. The first-order chi connectivity index (χ1) is 15.0. The molecule has 8 heteroatoms. The molecule has 0 aliphatic heterocycles. The first-order valence-electron chi connectivity index (χ1n) is 10.0. The average molecular weight is 420 g/mol. The molecule has 0 saturated carbocycles. The predicted octanol–water partition coefficient (Wildman–Crippen LogP) is 3.07. The first-order valence-corrected chi connectivity index (χ1v) is 10.0. The van der Waals surface area contributed by atoms with Gasteiger partial charge in [-0.2, -0.15) is 10.4 Å². The average Bonchev–Trinajstić information content (AvgIpc) is 3.09. The van der Waals surface area contributed by atoms with Crippen LogP contribution in [0.25, 0.3) is 5.69 Å². The molecule has 0 fully saturated rings. The Morgan fingerprint density at radius 1 is 1.23 bits per heavy atom. The van der Waals surface area contributed by atoms with Crippen molar-refractivity contribution < 1.29 is 4.39 Å². The van der Waals surface area contributed by atoms with E-state index in [0.29, 0.717) is 42.4 Å². The summed E-state index contributed by atoms with van der Waals surface area (Å²) in [5, 5.41) is 20.5. The van der Waals surface area contributed by atoms with Crippen molar-refractivity contribution in [2.24, 2.45) is 4.99 Å². The Kier molecular flexibility index (Phi) is 7.22. The van der Waals surface area contributed by atoms with Gasteiger partial charge in [-0.25, -0.2) is 9.07 Å². The van der Waals surface area contributed by atoms with Crippen molar-refractivity contribution in [1.29, 1.82) is 5.26 Å². The van der Waals surface area contributed by atoms with E-state index in [2.05, 4.69) is 51.9 Å². The van der Waals surface area contributed by atoms with E-state index in [1.807, 2.05) is 6.07 Å². The molecular formula is C23H26FN7. The van der Waals surface area contributed by atoms with E-state index >= 15 is 0 Å². The monoisotopic (exact) mass is 419 g/mol. The number of benzene rings is 2. The molecule has 31 heavy (non-hydrogen) atoms. The Labute approximate surface area is 181 Å². The van der Waals surface area contributed by atoms with Crippen LogP contribution in [0.4, 0.5) is 10.2 Å². The van der Waals surface area contributed by atoms with E-state index in [1.54, 1.807) is 19.2 Å². The van der Waals surface area contributed by atoms with Crippen molar-refractivity contribution in [2.45, 2.75) is 26.3 Å². The maximum Gasteiger partial charge on any atom is 0.191 e. The number of hydrogen-bond acceptors (Lipinski definition) is 4. The molecule has 0 spiro atoms. The van der Waals surface area contributed by atoms with Crippen LogP contribution in [-0.4, -0.2) is 29.3 Å². The van der Waals surface area contributed by atoms with Gasteiger partial charge in [0, 0.05) is 20.1 Å². The van der Waals surface area contributed by atoms with Crippen LogP contribution in [0.3, 0.4) is 0 Å². The number of halogens is 1. The number of aryl methyl sites for hydroxylation is 2. The third-order valence-electron chi connectivity index (χ3n) is 4.83. The number of hydrogen-bond donors (Lipinski definition) is 3. The van der Waals surface area contributed by atoms with Crippen LogP contribution < -0.4 is 16.4 Å². The van der Waals surface area contributed by atoms with Crippen molar-refractivity contribution in [3.63, 3.8) is 0 Å². The molecule has 0 unspecified atom stereocenters. The maximum atomic E-state index is 13.2. The summed E-state index contributed by atoms with van der Waals surface area (Å²) in [5.74, 6) is 0.622. The summed E-state index contributed by atoms with van der Waals surface area (Å²) in [5.41, 5.74) is 10.1. The van der Waals surface area contributed by atoms with Crippen molar-refractivity contribution in [2.75, 3.05) is 19.3 Å². The molecule has 0 bridgehead atoms. The molecule has 0 amide bonds. The van der Waals surface area contributed by atoms with Gasteiger partial charge in [0.2, 0.25) is 0 Å². The lowest BCUT2D eigenvalue weighted by atomic mass is 10.1. The topological polar surface area (TPSA) is 104 Å². The van der Waals surface area contributed by atoms with Gasteiger partial charge in [0.1, 0.15) is 23.3 Å². The van der Waals surface area contributed by atoms with E-state index in [0.717, 1.165) is 6.42 Å². The molecule has 0 atom stereocenters. The molecule has 0 saturated heterocycles. The third-order valence-corrected chi connectivity index (χ3v) is 4.83. The second kappa shape index (κ2) is 10.3. The van der Waals surface area contributed by atoms with Gasteiger partial charge in [0.15, 0.2) is 5.96 Å². The second-order valence-electron chi connectivity index (χ2n) is 7.15. The van der Waals surface area contributed by atoms with Gasteiger partial charge in [-0.15, -0.1) is 0 Å². The van der Waals surface area contributed by atoms with Crippen LogP contribution in [0, 0.1) is 24.1 Å². The molecule has 4 N–H and O–H groups in total. The van der Waals surface area contributed by atoms with E-state index in [1.165, 1.54) is 27.9 Å². The molecule has 0 aliphatic carbocycles.